The number of hydrogen-bond donors (Lipinski definition) is 2. The first-order chi connectivity index (χ1) is 11.4. The third-order valence-corrected chi connectivity index (χ3v) is 5.18. The van der Waals surface area contributed by atoms with Crippen molar-refractivity contribution in [1.29, 1.82) is 0 Å². The number of fused-ring (bicyclic) bond motifs is 1. The van der Waals surface area contributed by atoms with Crippen molar-refractivity contribution in [2.24, 2.45) is 0 Å². The number of carboxylic acid groups (broad SMARTS) is 1. The van der Waals surface area contributed by atoms with E-state index >= 15 is 0 Å². The van der Waals surface area contributed by atoms with Crippen LogP contribution in [0.25, 0.3) is 11.0 Å². The number of aromatic amines is 1. The van der Waals surface area contributed by atoms with Gasteiger partial charge in [-0.2, -0.15) is 0 Å². The molecule has 0 radical (unpaired) electrons. The molecule has 0 aliphatic heterocycles. The summed E-state index contributed by atoms with van der Waals surface area (Å²) in [5.74, 6) is -0.881. The Hall–Kier alpha value is -1.98. The number of aromatic nitrogens is 2. The largest absolute Gasteiger partial charge is 0.480 e. The normalized spacial score (nSPS) is 12.5. The molecule has 0 saturated carbocycles. The highest BCUT2D eigenvalue weighted by Crippen LogP contribution is 2.28. The van der Waals surface area contributed by atoms with Crippen LogP contribution in [0.3, 0.4) is 0 Å². The van der Waals surface area contributed by atoms with E-state index in [1.54, 1.807) is 0 Å². The number of benzene rings is 2. The van der Waals surface area contributed by atoms with Gasteiger partial charge in [0.25, 0.3) is 0 Å². The van der Waals surface area contributed by atoms with Crippen molar-refractivity contribution < 1.29 is 9.90 Å². The highest BCUT2D eigenvalue weighted by atomic mass is 35.5. The molecule has 2 N–H and O–H groups in total. The molecule has 0 aliphatic carbocycles. The molecule has 24 heavy (non-hydrogen) atoms. The number of aliphatic carboxylic acids is 1. The Bertz CT molecular complexity index is 907. The number of rotatable bonds is 5. The second-order valence-corrected chi connectivity index (χ2v) is 7.40. The zero-order valence-electron chi connectivity index (χ0n) is 13.3. The molecule has 0 unspecified atom stereocenters. The minimum Gasteiger partial charge on any atom is -0.480 e. The van der Waals surface area contributed by atoms with Gasteiger partial charge in [0.2, 0.25) is 0 Å². The number of nitrogens with zero attached hydrogens (tertiary/aromatic N) is 1. The van der Waals surface area contributed by atoms with Crippen LogP contribution in [0.2, 0.25) is 5.02 Å². The zero-order valence-corrected chi connectivity index (χ0v) is 14.9. The van der Waals surface area contributed by atoms with Crippen LogP contribution in [0, 0.1) is 13.8 Å². The molecule has 1 atom stereocenters. The minimum absolute atomic E-state index is 0.342. The van der Waals surface area contributed by atoms with E-state index in [1.807, 2.05) is 50.2 Å². The third kappa shape index (κ3) is 3.74. The number of carboxylic acids is 1. The fourth-order valence-electron chi connectivity index (χ4n) is 2.49. The van der Waals surface area contributed by atoms with Crippen LogP contribution in [-0.4, -0.2) is 26.3 Å². The van der Waals surface area contributed by atoms with Crippen molar-refractivity contribution in [1.82, 2.24) is 9.97 Å². The molecule has 1 heterocycles. The van der Waals surface area contributed by atoms with Crippen molar-refractivity contribution in [2.75, 3.05) is 0 Å². The summed E-state index contributed by atoms with van der Waals surface area (Å²) in [5.41, 5.74) is 4.75. The van der Waals surface area contributed by atoms with Gasteiger partial charge in [0.1, 0.15) is 5.25 Å². The molecule has 1 aromatic heterocycles. The first-order valence-corrected chi connectivity index (χ1v) is 8.79. The van der Waals surface area contributed by atoms with E-state index in [0.717, 1.165) is 27.7 Å². The predicted molar refractivity (Wildman–Crippen MR) is 98.0 cm³/mol. The third-order valence-electron chi connectivity index (χ3n) is 3.76. The van der Waals surface area contributed by atoms with E-state index in [-0.39, 0.29) is 0 Å². The van der Waals surface area contributed by atoms with Crippen LogP contribution in [0.15, 0.2) is 41.6 Å². The van der Waals surface area contributed by atoms with Gasteiger partial charge in [-0.3, -0.25) is 4.79 Å². The summed E-state index contributed by atoms with van der Waals surface area (Å²) in [5, 5.41) is 10.1. The highest BCUT2D eigenvalue weighted by molar-refractivity contribution is 8.00. The number of nitrogens with one attached hydrogen (secondary N) is 1. The maximum Gasteiger partial charge on any atom is 0.317 e. The smallest absolute Gasteiger partial charge is 0.317 e. The lowest BCUT2D eigenvalue weighted by Gasteiger charge is -2.12. The number of aryl methyl sites for hydroxylation is 2. The van der Waals surface area contributed by atoms with Crippen LogP contribution >= 0.6 is 23.4 Å². The topological polar surface area (TPSA) is 66.0 Å². The van der Waals surface area contributed by atoms with Crippen LogP contribution < -0.4 is 0 Å². The van der Waals surface area contributed by atoms with Crippen molar-refractivity contribution in [2.45, 2.75) is 30.7 Å². The molecule has 0 aliphatic rings. The van der Waals surface area contributed by atoms with Gasteiger partial charge in [0.15, 0.2) is 5.16 Å². The van der Waals surface area contributed by atoms with E-state index in [9.17, 15) is 9.90 Å². The van der Waals surface area contributed by atoms with E-state index in [0.29, 0.717) is 16.6 Å². The molecule has 0 saturated heterocycles. The molecule has 0 amide bonds. The Morgan fingerprint density at radius 1 is 1.25 bits per heavy atom. The Morgan fingerprint density at radius 2 is 1.96 bits per heavy atom. The summed E-state index contributed by atoms with van der Waals surface area (Å²) in [6, 6.07) is 11.6. The van der Waals surface area contributed by atoms with Gasteiger partial charge in [-0.05, 0) is 55.2 Å². The lowest BCUT2D eigenvalue weighted by Crippen LogP contribution is -2.19. The lowest BCUT2D eigenvalue weighted by atomic mass is 10.1. The summed E-state index contributed by atoms with van der Waals surface area (Å²) in [7, 11) is 0. The summed E-state index contributed by atoms with van der Waals surface area (Å²) in [6.07, 6.45) is 0.342. The van der Waals surface area contributed by atoms with Crippen molar-refractivity contribution in [3.05, 3.63) is 58.1 Å². The SMILES string of the molecule is Cc1ccc(C[C@@H](Sc2nc3ccc(C)cc3[nH]2)C(=O)O)c(Cl)c1. The van der Waals surface area contributed by atoms with Crippen LogP contribution in [0.4, 0.5) is 0 Å². The average Bonchev–Trinajstić information content (AvgIpc) is 2.90. The zero-order chi connectivity index (χ0) is 17.3. The summed E-state index contributed by atoms with van der Waals surface area (Å²) in [4.78, 5) is 19.3. The molecule has 3 aromatic rings. The van der Waals surface area contributed by atoms with Crippen molar-refractivity contribution in [3.63, 3.8) is 0 Å². The molecule has 6 heteroatoms. The van der Waals surface area contributed by atoms with Gasteiger partial charge in [-0.1, -0.05) is 41.6 Å². The number of imidazole rings is 1. The van der Waals surface area contributed by atoms with E-state index in [1.165, 1.54) is 11.8 Å². The van der Waals surface area contributed by atoms with Crippen LogP contribution in [0.1, 0.15) is 16.7 Å². The fourth-order valence-corrected chi connectivity index (χ4v) is 3.75. The highest BCUT2D eigenvalue weighted by Gasteiger charge is 2.22. The number of carbonyl (C=O) groups is 1. The van der Waals surface area contributed by atoms with Crippen LogP contribution in [-0.2, 0) is 11.2 Å². The molecule has 0 bridgehead atoms. The maximum absolute atomic E-state index is 11.7. The lowest BCUT2D eigenvalue weighted by molar-refractivity contribution is -0.136. The summed E-state index contributed by atoms with van der Waals surface area (Å²) in [6.45, 7) is 3.96. The Balaban J connectivity index is 1.83. The number of halogens is 1. The fraction of sp³-hybridized carbons (Fsp3) is 0.222. The van der Waals surface area contributed by atoms with Gasteiger partial charge in [-0.25, -0.2) is 4.98 Å². The van der Waals surface area contributed by atoms with Gasteiger partial charge in [-0.15, -0.1) is 0 Å². The van der Waals surface area contributed by atoms with Gasteiger partial charge in [0.05, 0.1) is 11.0 Å². The van der Waals surface area contributed by atoms with Crippen LogP contribution in [0.5, 0.6) is 0 Å². The van der Waals surface area contributed by atoms with Crippen molar-refractivity contribution in [3.8, 4) is 0 Å². The molecular weight excluding hydrogens is 344 g/mol. The quantitative estimate of drug-likeness (QED) is 0.651. The number of hydrogen-bond acceptors (Lipinski definition) is 3. The molecule has 0 spiro atoms. The molecule has 124 valence electrons. The van der Waals surface area contributed by atoms with Crippen molar-refractivity contribution >= 4 is 40.4 Å². The number of H-pyrrole nitrogens is 1. The first kappa shape index (κ1) is 16.9. The monoisotopic (exact) mass is 360 g/mol. The predicted octanol–water partition coefficient (Wildman–Crippen LogP) is 4.62. The standard InChI is InChI=1S/C18H17ClN2O2S/c1-10-3-5-12(13(19)7-10)9-16(17(22)23)24-18-20-14-6-4-11(2)8-15(14)21-18/h3-8,16H,9H2,1-2H3,(H,20,21)(H,22,23)/t16-/m1/s1. The van der Waals surface area contributed by atoms with E-state index in [4.69, 9.17) is 11.6 Å². The molecule has 0 fully saturated rings. The molecular formula is C18H17ClN2O2S. The maximum atomic E-state index is 11.7. The second kappa shape index (κ2) is 6.87. The second-order valence-electron chi connectivity index (χ2n) is 5.81. The Labute approximate surface area is 149 Å². The molecule has 4 nitrogen and oxygen atoms in total. The Morgan fingerprint density at radius 3 is 2.67 bits per heavy atom. The Kier molecular flexibility index (Phi) is 4.83. The van der Waals surface area contributed by atoms with Gasteiger partial charge >= 0.3 is 5.97 Å². The summed E-state index contributed by atoms with van der Waals surface area (Å²) < 4.78 is 0. The van der Waals surface area contributed by atoms with Gasteiger partial charge in [0, 0.05) is 5.02 Å². The molecule has 3 rings (SSSR count). The number of thioether (sulfide) groups is 1. The minimum atomic E-state index is -0.881. The van der Waals surface area contributed by atoms with E-state index in [2.05, 4.69) is 9.97 Å². The average molecular weight is 361 g/mol. The first-order valence-electron chi connectivity index (χ1n) is 7.53. The summed E-state index contributed by atoms with van der Waals surface area (Å²) >= 11 is 7.45. The molecule has 2 aromatic carbocycles. The van der Waals surface area contributed by atoms with E-state index < -0.39 is 11.2 Å². The van der Waals surface area contributed by atoms with Gasteiger partial charge < -0.3 is 10.1 Å².